The first-order valence-corrected chi connectivity index (χ1v) is 6.85. The molecule has 2 atom stereocenters. The van der Waals surface area contributed by atoms with Crippen LogP contribution in [0.1, 0.15) is 30.1 Å². The summed E-state index contributed by atoms with van der Waals surface area (Å²) in [5, 5.41) is 7.65. The monoisotopic (exact) mass is 257 g/mol. The van der Waals surface area contributed by atoms with Crippen molar-refractivity contribution in [3.63, 3.8) is 0 Å². The normalized spacial score (nSPS) is 23.4. The molecule has 1 fully saturated rings. The van der Waals surface area contributed by atoms with E-state index in [1.54, 1.807) is 0 Å². The van der Waals surface area contributed by atoms with E-state index in [0.717, 1.165) is 30.3 Å². The average molecular weight is 257 g/mol. The van der Waals surface area contributed by atoms with E-state index in [1.165, 1.54) is 0 Å². The van der Waals surface area contributed by atoms with Crippen LogP contribution in [0.3, 0.4) is 0 Å². The van der Waals surface area contributed by atoms with Crippen molar-refractivity contribution in [2.24, 2.45) is 0 Å². The largest absolute Gasteiger partial charge is 0.361 e. The van der Waals surface area contributed by atoms with Gasteiger partial charge in [-0.2, -0.15) is 0 Å². The second-order valence-electron chi connectivity index (χ2n) is 5.24. The Balaban J connectivity index is 1.75. The Hall–Kier alpha value is -1.81. The fraction of sp³-hybridized carbons (Fsp3) is 0.400. The fourth-order valence-electron chi connectivity index (χ4n) is 2.68. The van der Waals surface area contributed by atoms with E-state index in [9.17, 15) is 4.79 Å². The van der Waals surface area contributed by atoms with E-state index < -0.39 is 0 Å². The van der Waals surface area contributed by atoms with Crippen molar-refractivity contribution in [2.45, 2.75) is 31.8 Å². The first-order chi connectivity index (χ1) is 9.24. The fourth-order valence-corrected chi connectivity index (χ4v) is 2.68. The molecule has 3 N–H and O–H groups in total. The van der Waals surface area contributed by atoms with Crippen LogP contribution in [0.5, 0.6) is 0 Å². The van der Waals surface area contributed by atoms with Crippen LogP contribution in [-0.4, -0.2) is 29.5 Å². The van der Waals surface area contributed by atoms with Gasteiger partial charge < -0.3 is 15.6 Å². The Bertz CT molecular complexity index is 590. The molecule has 2 heterocycles. The van der Waals surface area contributed by atoms with Crippen molar-refractivity contribution < 1.29 is 4.79 Å². The summed E-state index contributed by atoms with van der Waals surface area (Å²) in [6.07, 6.45) is 4.05. The maximum Gasteiger partial charge on any atom is 0.251 e. The SMILES string of the molecule is CC1NCCCC1NC(=O)c1ccc2cc[nH]c2c1. The lowest BCUT2D eigenvalue weighted by atomic mass is 9.99. The molecular formula is C15H19N3O. The van der Waals surface area contributed by atoms with Crippen molar-refractivity contribution in [3.05, 3.63) is 36.0 Å². The average Bonchev–Trinajstić information content (AvgIpc) is 2.88. The van der Waals surface area contributed by atoms with Gasteiger partial charge >= 0.3 is 0 Å². The highest BCUT2D eigenvalue weighted by Gasteiger charge is 2.22. The number of nitrogens with one attached hydrogen (secondary N) is 3. The molecule has 2 unspecified atom stereocenters. The van der Waals surface area contributed by atoms with E-state index in [4.69, 9.17) is 0 Å². The van der Waals surface area contributed by atoms with Crippen molar-refractivity contribution >= 4 is 16.8 Å². The minimum Gasteiger partial charge on any atom is -0.361 e. The van der Waals surface area contributed by atoms with Crippen LogP contribution in [0.4, 0.5) is 0 Å². The molecule has 4 nitrogen and oxygen atoms in total. The summed E-state index contributed by atoms with van der Waals surface area (Å²) in [7, 11) is 0. The highest BCUT2D eigenvalue weighted by molar-refractivity contribution is 5.98. The van der Waals surface area contributed by atoms with Gasteiger partial charge in [-0.1, -0.05) is 6.07 Å². The van der Waals surface area contributed by atoms with Crippen LogP contribution in [0.15, 0.2) is 30.5 Å². The maximum atomic E-state index is 12.3. The van der Waals surface area contributed by atoms with Gasteiger partial charge in [-0.25, -0.2) is 0 Å². The first kappa shape index (κ1) is 12.2. The number of H-pyrrole nitrogens is 1. The van der Waals surface area contributed by atoms with Gasteiger partial charge in [-0.05, 0) is 49.9 Å². The van der Waals surface area contributed by atoms with Crippen LogP contribution in [-0.2, 0) is 0 Å². The van der Waals surface area contributed by atoms with Crippen LogP contribution in [0, 0.1) is 0 Å². The van der Waals surface area contributed by atoms with Gasteiger partial charge in [0, 0.05) is 29.4 Å². The smallest absolute Gasteiger partial charge is 0.251 e. The van der Waals surface area contributed by atoms with Gasteiger partial charge in [0.05, 0.1) is 0 Å². The number of carbonyl (C=O) groups excluding carboxylic acids is 1. The van der Waals surface area contributed by atoms with Gasteiger partial charge in [-0.3, -0.25) is 4.79 Å². The molecule has 0 bridgehead atoms. The Morgan fingerprint density at radius 1 is 1.37 bits per heavy atom. The molecule has 100 valence electrons. The lowest BCUT2D eigenvalue weighted by Gasteiger charge is -2.30. The van der Waals surface area contributed by atoms with Crippen LogP contribution < -0.4 is 10.6 Å². The maximum absolute atomic E-state index is 12.3. The standard InChI is InChI=1S/C15H19N3O/c1-10-13(3-2-7-16-10)18-15(19)12-5-4-11-6-8-17-14(11)9-12/h4-6,8-10,13,16-17H,2-3,7H2,1H3,(H,18,19). The van der Waals surface area contributed by atoms with Crippen LogP contribution >= 0.6 is 0 Å². The van der Waals surface area contributed by atoms with Gasteiger partial charge in [-0.15, -0.1) is 0 Å². The number of amides is 1. The van der Waals surface area contributed by atoms with Crippen molar-refractivity contribution in [1.29, 1.82) is 0 Å². The summed E-state index contributed by atoms with van der Waals surface area (Å²) in [5.41, 5.74) is 1.72. The highest BCUT2D eigenvalue weighted by Crippen LogP contribution is 2.15. The lowest BCUT2D eigenvalue weighted by Crippen LogP contribution is -2.51. The Kier molecular flexibility index (Phi) is 3.25. The zero-order chi connectivity index (χ0) is 13.2. The molecule has 1 aliphatic rings. The number of hydrogen-bond donors (Lipinski definition) is 3. The molecule has 1 saturated heterocycles. The third-order valence-electron chi connectivity index (χ3n) is 3.90. The second-order valence-corrected chi connectivity index (χ2v) is 5.24. The summed E-state index contributed by atoms with van der Waals surface area (Å²) >= 11 is 0. The number of aromatic nitrogens is 1. The van der Waals surface area contributed by atoms with E-state index in [2.05, 4.69) is 22.5 Å². The molecule has 1 amide bonds. The van der Waals surface area contributed by atoms with Crippen LogP contribution in [0.25, 0.3) is 10.9 Å². The molecule has 3 rings (SSSR count). The van der Waals surface area contributed by atoms with Gasteiger partial charge in [0.15, 0.2) is 0 Å². The van der Waals surface area contributed by atoms with E-state index in [1.807, 2.05) is 30.5 Å². The molecule has 2 aromatic rings. The summed E-state index contributed by atoms with van der Waals surface area (Å²) in [4.78, 5) is 15.4. The quantitative estimate of drug-likeness (QED) is 0.771. The Morgan fingerprint density at radius 3 is 3.11 bits per heavy atom. The molecule has 1 aromatic heterocycles. The molecule has 4 heteroatoms. The predicted octanol–water partition coefficient (Wildman–Crippen LogP) is 2.04. The number of benzene rings is 1. The van der Waals surface area contributed by atoms with Crippen LogP contribution in [0.2, 0.25) is 0 Å². The molecule has 0 saturated carbocycles. The molecular weight excluding hydrogens is 238 g/mol. The lowest BCUT2D eigenvalue weighted by molar-refractivity contribution is 0.0920. The molecule has 0 aliphatic carbocycles. The van der Waals surface area contributed by atoms with Gasteiger partial charge in [0.25, 0.3) is 5.91 Å². The van der Waals surface area contributed by atoms with Crippen molar-refractivity contribution in [2.75, 3.05) is 6.54 Å². The van der Waals surface area contributed by atoms with E-state index >= 15 is 0 Å². The summed E-state index contributed by atoms with van der Waals surface area (Å²) in [5.74, 6) is 0.0112. The van der Waals surface area contributed by atoms with Crippen molar-refractivity contribution in [1.82, 2.24) is 15.6 Å². The zero-order valence-corrected chi connectivity index (χ0v) is 11.1. The molecule has 0 radical (unpaired) electrons. The first-order valence-electron chi connectivity index (χ1n) is 6.85. The summed E-state index contributed by atoms with van der Waals surface area (Å²) in [6.45, 7) is 3.17. The number of carbonyl (C=O) groups is 1. The Morgan fingerprint density at radius 2 is 2.26 bits per heavy atom. The number of aromatic amines is 1. The second kappa shape index (κ2) is 5.05. The molecule has 1 aliphatic heterocycles. The molecule has 1 aromatic carbocycles. The predicted molar refractivity (Wildman–Crippen MR) is 76.3 cm³/mol. The number of fused-ring (bicyclic) bond motifs is 1. The van der Waals surface area contributed by atoms with Gasteiger partial charge in [0.2, 0.25) is 0 Å². The minimum atomic E-state index is 0.0112. The molecule has 0 spiro atoms. The Labute approximate surface area is 112 Å². The van der Waals surface area contributed by atoms with E-state index in [0.29, 0.717) is 11.6 Å². The minimum absolute atomic E-state index is 0.0112. The topological polar surface area (TPSA) is 56.9 Å². The third-order valence-corrected chi connectivity index (χ3v) is 3.90. The number of rotatable bonds is 2. The third kappa shape index (κ3) is 2.49. The van der Waals surface area contributed by atoms with E-state index in [-0.39, 0.29) is 11.9 Å². The zero-order valence-electron chi connectivity index (χ0n) is 11.1. The number of hydrogen-bond acceptors (Lipinski definition) is 2. The summed E-state index contributed by atoms with van der Waals surface area (Å²) < 4.78 is 0. The van der Waals surface area contributed by atoms with Crippen molar-refractivity contribution in [3.8, 4) is 0 Å². The highest BCUT2D eigenvalue weighted by atomic mass is 16.1. The summed E-state index contributed by atoms with van der Waals surface area (Å²) in [6, 6.07) is 8.33. The van der Waals surface area contributed by atoms with Gasteiger partial charge in [0.1, 0.15) is 0 Å². The molecule has 19 heavy (non-hydrogen) atoms. The number of piperidine rings is 1.